The van der Waals surface area contributed by atoms with Crippen LogP contribution in [0.1, 0.15) is 50.0 Å². The van der Waals surface area contributed by atoms with Crippen molar-refractivity contribution in [3.8, 4) is 0 Å². The number of hydrogen-bond acceptors (Lipinski definition) is 4. The third-order valence-corrected chi connectivity index (χ3v) is 5.65. The van der Waals surface area contributed by atoms with Crippen LogP contribution < -0.4 is 5.32 Å². The summed E-state index contributed by atoms with van der Waals surface area (Å²) in [6.45, 7) is 15.4. The number of likely N-dealkylation sites (N-methyl/N-ethyl adjacent to an activating group) is 2. The van der Waals surface area contributed by atoms with Gasteiger partial charge in [-0.25, -0.2) is 0 Å². The van der Waals surface area contributed by atoms with Crippen LogP contribution in [0.15, 0.2) is 24.3 Å². The summed E-state index contributed by atoms with van der Waals surface area (Å²) in [5, 5.41) is 2.87. The molecule has 1 aliphatic heterocycles. The van der Waals surface area contributed by atoms with Crippen LogP contribution in [0.25, 0.3) is 0 Å². The van der Waals surface area contributed by atoms with Gasteiger partial charge >= 0.3 is 0 Å². The van der Waals surface area contributed by atoms with E-state index >= 15 is 0 Å². The molecular weight excluding hydrogens is 352 g/mol. The molecule has 0 bridgehead atoms. The molecule has 0 saturated carbocycles. The Morgan fingerprint density at radius 3 is 2.32 bits per heavy atom. The van der Waals surface area contributed by atoms with Crippen molar-refractivity contribution in [1.29, 1.82) is 0 Å². The Kier molecular flexibility index (Phi) is 8.93. The molecule has 1 heterocycles. The molecule has 0 radical (unpaired) electrons. The minimum atomic E-state index is 0.0354. The first-order valence-electron chi connectivity index (χ1n) is 10.6. The summed E-state index contributed by atoms with van der Waals surface area (Å²) in [6.07, 6.45) is 0.480. The molecule has 156 valence electrons. The molecule has 1 aromatic rings. The maximum absolute atomic E-state index is 13.2. The molecule has 6 nitrogen and oxygen atoms in total. The zero-order valence-electron chi connectivity index (χ0n) is 17.9. The summed E-state index contributed by atoms with van der Waals surface area (Å²) in [6, 6.07) is 7.85. The van der Waals surface area contributed by atoms with Gasteiger partial charge in [0.1, 0.15) is 0 Å². The number of rotatable bonds is 9. The lowest BCUT2D eigenvalue weighted by atomic mass is 10.1. The van der Waals surface area contributed by atoms with Gasteiger partial charge in [0.05, 0.1) is 6.04 Å². The lowest BCUT2D eigenvalue weighted by Gasteiger charge is -2.43. The standard InChI is InChI=1S/C22H36N4O2/c1-5-21(27)23-15-18-9-11-19(12-10-18)22(28)26-14-13-25(8-4)17-20(26)16-24(6-2)7-3/h9-12,20H,5-8,13-17H2,1-4H3,(H,23,27). The largest absolute Gasteiger partial charge is 0.352 e. The molecule has 1 aromatic carbocycles. The first-order chi connectivity index (χ1) is 13.5. The molecule has 1 saturated heterocycles. The highest BCUT2D eigenvalue weighted by Crippen LogP contribution is 2.16. The van der Waals surface area contributed by atoms with E-state index in [1.807, 2.05) is 31.2 Å². The number of amides is 2. The first-order valence-corrected chi connectivity index (χ1v) is 10.6. The van der Waals surface area contributed by atoms with Crippen LogP contribution in [0, 0.1) is 0 Å². The highest BCUT2D eigenvalue weighted by molar-refractivity contribution is 5.94. The summed E-state index contributed by atoms with van der Waals surface area (Å²) >= 11 is 0. The second kappa shape index (κ2) is 11.2. The Morgan fingerprint density at radius 2 is 1.75 bits per heavy atom. The van der Waals surface area contributed by atoms with E-state index in [4.69, 9.17) is 0 Å². The van der Waals surface area contributed by atoms with E-state index in [1.54, 1.807) is 0 Å². The summed E-state index contributed by atoms with van der Waals surface area (Å²) < 4.78 is 0. The number of carbonyl (C=O) groups excluding carboxylic acids is 2. The molecule has 1 atom stereocenters. The van der Waals surface area contributed by atoms with Gasteiger partial charge in [-0.05, 0) is 37.3 Å². The van der Waals surface area contributed by atoms with Gasteiger partial charge in [0.2, 0.25) is 5.91 Å². The quantitative estimate of drug-likeness (QED) is 0.705. The van der Waals surface area contributed by atoms with Crippen LogP contribution in [0.2, 0.25) is 0 Å². The predicted molar refractivity (Wildman–Crippen MR) is 113 cm³/mol. The van der Waals surface area contributed by atoms with Crippen molar-refractivity contribution in [3.63, 3.8) is 0 Å². The average molecular weight is 389 g/mol. The Hall–Kier alpha value is -1.92. The summed E-state index contributed by atoms with van der Waals surface area (Å²) in [7, 11) is 0. The van der Waals surface area contributed by atoms with Gasteiger partial charge in [0.25, 0.3) is 5.91 Å². The summed E-state index contributed by atoms with van der Waals surface area (Å²) in [5.74, 6) is 0.144. The summed E-state index contributed by atoms with van der Waals surface area (Å²) in [4.78, 5) is 31.5. The molecule has 2 amide bonds. The van der Waals surface area contributed by atoms with Crippen LogP contribution in [0.5, 0.6) is 0 Å². The summed E-state index contributed by atoms with van der Waals surface area (Å²) in [5.41, 5.74) is 1.73. The van der Waals surface area contributed by atoms with Crippen molar-refractivity contribution in [3.05, 3.63) is 35.4 Å². The monoisotopic (exact) mass is 388 g/mol. The zero-order valence-corrected chi connectivity index (χ0v) is 17.9. The van der Waals surface area contributed by atoms with Crippen molar-refractivity contribution in [2.24, 2.45) is 0 Å². The third-order valence-electron chi connectivity index (χ3n) is 5.65. The van der Waals surface area contributed by atoms with Gasteiger partial charge in [-0.3, -0.25) is 14.5 Å². The molecule has 0 aromatic heterocycles. The SMILES string of the molecule is CCC(=O)NCc1ccc(C(=O)N2CCN(CC)CC2CN(CC)CC)cc1. The van der Waals surface area contributed by atoms with Crippen LogP contribution >= 0.6 is 0 Å². The van der Waals surface area contributed by atoms with Crippen molar-refractivity contribution in [1.82, 2.24) is 20.0 Å². The molecule has 6 heteroatoms. The molecule has 0 aliphatic carbocycles. The van der Waals surface area contributed by atoms with E-state index in [1.165, 1.54) is 0 Å². The Balaban J connectivity index is 2.07. The van der Waals surface area contributed by atoms with Gasteiger partial charge in [0.15, 0.2) is 0 Å². The van der Waals surface area contributed by atoms with Gasteiger partial charge in [-0.2, -0.15) is 0 Å². The maximum atomic E-state index is 13.2. The third kappa shape index (κ3) is 6.04. The molecule has 1 unspecified atom stereocenters. The number of nitrogens with zero attached hydrogens (tertiary/aromatic N) is 3. The van der Waals surface area contributed by atoms with E-state index in [0.717, 1.165) is 56.9 Å². The average Bonchev–Trinajstić information content (AvgIpc) is 2.75. The smallest absolute Gasteiger partial charge is 0.254 e. The van der Waals surface area contributed by atoms with Gasteiger partial charge in [0, 0.05) is 44.7 Å². The highest BCUT2D eigenvalue weighted by Gasteiger charge is 2.31. The van der Waals surface area contributed by atoms with Crippen LogP contribution in [-0.4, -0.2) is 78.4 Å². The molecule has 28 heavy (non-hydrogen) atoms. The van der Waals surface area contributed by atoms with E-state index in [0.29, 0.717) is 13.0 Å². The maximum Gasteiger partial charge on any atom is 0.254 e. The topological polar surface area (TPSA) is 55.9 Å². The second-order valence-electron chi connectivity index (χ2n) is 7.36. The first kappa shape index (κ1) is 22.4. The fourth-order valence-electron chi connectivity index (χ4n) is 3.67. The van der Waals surface area contributed by atoms with E-state index < -0.39 is 0 Å². The Bertz CT molecular complexity index is 628. The number of carbonyl (C=O) groups is 2. The number of benzene rings is 1. The zero-order chi connectivity index (χ0) is 20.5. The van der Waals surface area contributed by atoms with E-state index in [2.05, 4.69) is 40.8 Å². The lowest BCUT2D eigenvalue weighted by molar-refractivity contribution is -0.120. The van der Waals surface area contributed by atoms with Crippen LogP contribution in [-0.2, 0) is 11.3 Å². The van der Waals surface area contributed by atoms with Crippen molar-refractivity contribution < 1.29 is 9.59 Å². The van der Waals surface area contributed by atoms with E-state index in [-0.39, 0.29) is 17.9 Å². The Morgan fingerprint density at radius 1 is 1.07 bits per heavy atom. The van der Waals surface area contributed by atoms with Crippen molar-refractivity contribution in [2.75, 3.05) is 45.8 Å². The van der Waals surface area contributed by atoms with Crippen molar-refractivity contribution in [2.45, 2.75) is 46.7 Å². The predicted octanol–water partition coefficient (Wildman–Crippen LogP) is 2.20. The minimum Gasteiger partial charge on any atom is -0.352 e. The normalized spacial score (nSPS) is 17.8. The second-order valence-corrected chi connectivity index (χ2v) is 7.36. The number of hydrogen-bond donors (Lipinski definition) is 1. The molecule has 1 N–H and O–H groups in total. The molecular formula is C22H36N4O2. The van der Waals surface area contributed by atoms with Gasteiger partial charge in [-0.15, -0.1) is 0 Å². The fourth-order valence-corrected chi connectivity index (χ4v) is 3.67. The fraction of sp³-hybridized carbons (Fsp3) is 0.636. The molecule has 1 fully saturated rings. The Labute approximate surface area is 169 Å². The van der Waals surface area contributed by atoms with Crippen LogP contribution in [0.3, 0.4) is 0 Å². The number of piperazine rings is 1. The highest BCUT2D eigenvalue weighted by atomic mass is 16.2. The molecule has 0 spiro atoms. The van der Waals surface area contributed by atoms with Gasteiger partial charge in [-0.1, -0.05) is 39.8 Å². The minimum absolute atomic E-state index is 0.0354. The van der Waals surface area contributed by atoms with Crippen molar-refractivity contribution >= 4 is 11.8 Å². The molecule has 1 aliphatic rings. The lowest BCUT2D eigenvalue weighted by Crippen LogP contribution is -2.58. The van der Waals surface area contributed by atoms with E-state index in [9.17, 15) is 9.59 Å². The molecule has 2 rings (SSSR count). The van der Waals surface area contributed by atoms with Gasteiger partial charge < -0.3 is 15.1 Å². The van der Waals surface area contributed by atoms with Crippen LogP contribution in [0.4, 0.5) is 0 Å². The number of nitrogens with one attached hydrogen (secondary N) is 1.